The van der Waals surface area contributed by atoms with E-state index < -0.39 is 0 Å². The summed E-state index contributed by atoms with van der Waals surface area (Å²) in [6, 6.07) is 5.78. The second-order valence-corrected chi connectivity index (χ2v) is 3.60. The van der Waals surface area contributed by atoms with Crippen molar-refractivity contribution in [2.75, 3.05) is 11.9 Å². The van der Waals surface area contributed by atoms with Crippen LogP contribution >= 0.6 is 11.6 Å². The lowest BCUT2D eigenvalue weighted by molar-refractivity contribution is 0.841. The molecule has 0 amide bonds. The van der Waals surface area contributed by atoms with Gasteiger partial charge in [-0.25, -0.2) is 0 Å². The lowest BCUT2D eigenvalue weighted by atomic mass is 10.3. The zero-order chi connectivity index (χ0) is 11.4. The molecule has 2 aromatic rings. The Morgan fingerprint density at radius 3 is 2.94 bits per heavy atom. The van der Waals surface area contributed by atoms with Crippen molar-refractivity contribution < 1.29 is 0 Å². The van der Waals surface area contributed by atoms with Gasteiger partial charge < -0.3 is 4.90 Å². The van der Waals surface area contributed by atoms with E-state index in [4.69, 9.17) is 11.6 Å². The van der Waals surface area contributed by atoms with E-state index in [9.17, 15) is 0 Å². The van der Waals surface area contributed by atoms with Crippen LogP contribution in [0.2, 0.25) is 5.28 Å². The maximum absolute atomic E-state index is 5.66. The first-order valence-corrected chi connectivity index (χ1v) is 5.10. The van der Waals surface area contributed by atoms with Gasteiger partial charge in [0.15, 0.2) is 5.82 Å². The minimum Gasteiger partial charge on any atom is -0.352 e. The number of aromatic nitrogens is 4. The van der Waals surface area contributed by atoms with Gasteiger partial charge in [0.1, 0.15) is 0 Å². The lowest BCUT2D eigenvalue weighted by Gasteiger charge is -2.16. The highest BCUT2D eigenvalue weighted by atomic mass is 35.5. The highest BCUT2D eigenvalue weighted by Gasteiger charge is 2.05. The first-order chi connectivity index (χ1) is 7.75. The lowest BCUT2D eigenvalue weighted by Crippen LogP contribution is -2.18. The predicted octanol–water partition coefficient (Wildman–Crippen LogP) is 1.56. The van der Waals surface area contributed by atoms with E-state index in [1.807, 2.05) is 30.1 Å². The van der Waals surface area contributed by atoms with Crippen molar-refractivity contribution >= 4 is 17.4 Å². The monoisotopic (exact) mass is 235 g/mol. The summed E-state index contributed by atoms with van der Waals surface area (Å²) < 4.78 is 0. The van der Waals surface area contributed by atoms with Crippen LogP contribution in [0.3, 0.4) is 0 Å². The molecule has 0 saturated carbocycles. The molecule has 0 aliphatic rings. The topological polar surface area (TPSA) is 54.8 Å². The Kier molecular flexibility index (Phi) is 3.26. The summed E-state index contributed by atoms with van der Waals surface area (Å²) in [4.78, 5) is 10.2. The van der Waals surface area contributed by atoms with E-state index in [1.165, 1.54) is 0 Å². The molecule has 82 valence electrons. The second kappa shape index (κ2) is 4.85. The zero-order valence-electron chi connectivity index (χ0n) is 8.71. The fourth-order valence-electron chi connectivity index (χ4n) is 1.27. The molecule has 0 fully saturated rings. The minimum atomic E-state index is 0.144. The van der Waals surface area contributed by atoms with Gasteiger partial charge >= 0.3 is 0 Å². The molecule has 0 radical (unpaired) electrons. The van der Waals surface area contributed by atoms with Gasteiger partial charge in [0.05, 0.1) is 18.4 Å². The van der Waals surface area contributed by atoms with Gasteiger partial charge in [-0.15, -0.1) is 5.10 Å². The third kappa shape index (κ3) is 2.64. The molecule has 0 atom stereocenters. The average molecular weight is 236 g/mol. The molecule has 0 aliphatic carbocycles. The quantitative estimate of drug-likeness (QED) is 0.808. The average Bonchev–Trinajstić information content (AvgIpc) is 2.30. The van der Waals surface area contributed by atoms with E-state index in [2.05, 4.69) is 20.2 Å². The fraction of sp³-hybridized carbons (Fsp3) is 0.200. The van der Waals surface area contributed by atoms with Gasteiger partial charge in [-0.1, -0.05) is 6.07 Å². The fourth-order valence-corrected chi connectivity index (χ4v) is 1.40. The third-order valence-corrected chi connectivity index (χ3v) is 2.20. The van der Waals surface area contributed by atoms with Crippen LogP contribution in [0.5, 0.6) is 0 Å². The normalized spacial score (nSPS) is 10.1. The molecule has 6 heteroatoms. The molecule has 0 aromatic carbocycles. The number of anilines is 1. The van der Waals surface area contributed by atoms with E-state index >= 15 is 0 Å². The Hall–Kier alpha value is -1.75. The van der Waals surface area contributed by atoms with E-state index in [0.29, 0.717) is 12.4 Å². The van der Waals surface area contributed by atoms with Crippen molar-refractivity contribution in [3.8, 4) is 0 Å². The van der Waals surface area contributed by atoms with Crippen LogP contribution < -0.4 is 4.90 Å². The van der Waals surface area contributed by atoms with Crippen LogP contribution in [-0.4, -0.2) is 27.2 Å². The van der Waals surface area contributed by atoms with Gasteiger partial charge in [0, 0.05) is 13.2 Å². The Morgan fingerprint density at radius 1 is 1.38 bits per heavy atom. The number of rotatable bonds is 3. The molecule has 0 unspecified atom stereocenters. The molecule has 2 heterocycles. The smallest absolute Gasteiger partial charge is 0.244 e. The van der Waals surface area contributed by atoms with Crippen LogP contribution in [0.15, 0.2) is 30.6 Å². The summed E-state index contributed by atoms with van der Waals surface area (Å²) in [5.74, 6) is 0.672. The maximum Gasteiger partial charge on any atom is 0.244 e. The molecular weight excluding hydrogens is 226 g/mol. The molecule has 0 aliphatic heterocycles. The van der Waals surface area contributed by atoms with Gasteiger partial charge in [-0.2, -0.15) is 10.1 Å². The SMILES string of the molecule is CN(Cc1ccccn1)c1cnnc(Cl)n1. The number of hydrogen-bond acceptors (Lipinski definition) is 5. The first-order valence-electron chi connectivity index (χ1n) is 4.72. The molecule has 0 bridgehead atoms. The van der Waals surface area contributed by atoms with Crippen LogP contribution in [0.4, 0.5) is 5.82 Å². The van der Waals surface area contributed by atoms with Crippen molar-refractivity contribution in [1.82, 2.24) is 20.2 Å². The van der Waals surface area contributed by atoms with Crippen molar-refractivity contribution in [2.24, 2.45) is 0 Å². The Morgan fingerprint density at radius 2 is 2.25 bits per heavy atom. The molecule has 5 nitrogen and oxygen atoms in total. The summed E-state index contributed by atoms with van der Waals surface area (Å²) in [5, 5.41) is 7.48. The predicted molar refractivity (Wildman–Crippen MR) is 61.2 cm³/mol. The van der Waals surface area contributed by atoms with Crippen LogP contribution in [0.25, 0.3) is 0 Å². The number of halogens is 1. The molecule has 16 heavy (non-hydrogen) atoms. The van der Waals surface area contributed by atoms with Crippen LogP contribution in [0.1, 0.15) is 5.69 Å². The molecule has 0 N–H and O–H groups in total. The zero-order valence-corrected chi connectivity index (χ0v) is 9.46. The van der Waals surface area contributed by atoms with E-state index in [-0.39, 0.29) is 5.28 Å². The molecule has 0 saturated heterocycles. The highest BCUT2D eigenvalue weighted by Crippen LogP contribution is 2.11. The van der Waals surface area contributed by atoms with Gasteiger partial charge in [0.25, 0.3) is 0 Å². The number of pyridine rings is 1. The molecular formula is C10H10ClN5. The maximum atomic E-state index is 5.66. The molecule has 0 spiro atoms. The Bertz CT molecular complexity index is 462. The summed E-state index contributed by atoms with van der Waals surface area (Å²) in [6.07, 6.45) is 3.32. The number of nitrogens with zero attached hydrogens (tertiary/aromatic N) is 5. The third-order valence-electron chi connectivity index (χ3n) is 2.04. The van der Waals surface area contributed by atoms with E-state index in [0.717, 1.165) is 5.69 Å². The summed E-state index contributed by atoms with van der Waals surface area (Å²) in [5.41, 5.74) is 0.958. The minimum absolute atomic E-state index is 0.144. The summed E-state index contributed by atoms with van der Waals surface area (Å²) in [7, 11) is 1.90. The molecule has 2 rings (SSSR count). The van der Waals surface area contributed by atoms with Crippen molar-refractivity contribution in [3.05, 3.63) is 41.6 Å². The largest absolute Gasteiger partial charge is 0.352 e. The van der Waals surface area contributed by atoms with Crippen molar-refractivity contribution in [2.45, 2.75) is 6.54 Å². The Balaban J connectivity index is 2.12. The van der Waals surface area contributed by atoms with Gasteiger partial charge in [0.2, 0.25) is 5.28 Å². The standard InChI is InChI=1S/C10H10ClN5/c1-16(7-8-4-2-3-5-12-8)9-6-13-15-10(11)14-9/h2-6H,7H2,1H3. The second-order valence-electron chi connectivity index (χ2n) is 3.26. The van der Waals surface area contributed by atoms with Crippen molar-refractivity contribution in [1.29, 1.82) is 0 Å². The Labute approximate surface area is 98.1 Å². The first kappa shape index (κ1) is 10.8. The summed E-state index contributed by atoms with van der Waals surface area (Å²) in [6.45, 7) is 0.649. The van der Waals surface area contributed by atoms with Gasteiger partial charge in [-0.05, 0) is 23.7 Å². The van der Waals surface area contributed by atoms with E-state index in [1.54, 1.807) is 12.4 Å². The number of hydrogen-bond donors (Lipinski definition) is 0. The van der Waals surface area contributed by atoms with Crippen LogP contribution in [-0.2, 0) is 6.54 Å². The summed E-state index contributed by atoms with van der Waals surface area (Å²) >= 11 is 5.66. The highest BCUT2D eigenvalue weighted by molar-refractivity contribution is 6.28. The van der Waals surface area contributed by atoms with Crippen molar-refractivity contribution in [3.63, 3.8) is 0 Å². The van der Waals surface area contributed by atoms with Gasteiger partial charge in [-0.3, -0.25) is 4.98 Å². The van der Waals surface area contributed by atoms with Crippen LogP contribution in [0, 0.1) is 0 Å². The molecule has 2 aromatic heterocycles.